The normalized spacial score (nSPS) is 19.7. The van der Waals surface area contributed by atoms with Crippen LogP contribution in [0.5, 0.6) is 0 Å². The number of primary sulfonamides is 1. The van der Waals surface area contributed by atoms with Crippen molar-refractivity contribution < 1.29 is 13.2 Å². The predicted octanol–water partition coefficient (Wildman–Crippen LogP) is 1.34. The Balaban J connectivity index is 2.16. The average Bonchev–Trinajstić information content (AvgIpc) is 2.75. The zero-order chi connectivity index (χ0) is 14.0. The molecule has 1 atom stereocenters. The van der Waals surface area contributed by atoms with Crippen LogP contribution in [0.15, 0.2) is 28.7 Å². The van der Waals surface area contributed by atoms with Crippen molar-refractivity contribution in [1.29, 1.82) is 0 Å². The average molecular weight is 347 g/mol. The largest absolute Gasteiger partial charge is 0.335 e. The molecule has 1 aromatic rings. The standard InChI is InChI=1S/C12H15BrN2O3S/c13-10-5-3-9(4-6-10)12(16)15-7-1-2-11(15)8-19(14,17)18/h3-6,11H,1-2,7-8H2,(H2,14,17,18). The van der Waals surface area contributed by atoms with Crippen LogP contribution in [0, 0.1) is 0 Å². The van der Waals surface area contributed by atoms with Crippen molar-refractivity contribution in [2.45, 2.75) is 18.9 Å². The molecule has 5 nitrogen and oxygen atoms in total. The molecule has 0 radical (unpaired) electrons. The Morgan fingerprint density at radius 1 is 1.37 bits per heavy atom. The van der Waals surface area contributed by atoms with E-state index >= 15 is 0 Å². The third-order valence-electron chi connectivity index (χ3n) is 3.15. The number of halogens is 1. The van der Waals surface area contributed by atoms with E-state index in [1.54, 1.807) is 29.2 Å². The molecule has 0 bridgehead atoms. The summed E-state index contributed by atoms with van der Waals surface area (Å²) >= 11 is 3.31. The SMILES string of the molecule is NS(=O)(=O)CC1CCCN1C(=O)c1ccc(Br)cc1. The summed E-state index contributed by atoms with van der Waals surface area (Å²) in [5, 5.41) is 5.06. The van der Waals surface area contributed by atoms with Crippen LogP contribution in [0.3, 0.4) is 0 Å². The first kappa shape index (κ1) is 14.5. The van der Waals surface area contributed by atoms with E-state index < -0.39 is 10.0 Å². The molecule has 1 unspecified atom stereocenters. The van der Waals surface area contributed by atoms with Crippen molar-refractivity contribution in [3.63, 3.8) is 0 Å². The van der Waals surface area contributed by atoms with Crippen molar-refractivity contribution in [1.82, 2.24) is 4.90 Å². The second-order valence-electron chi connectivity index (χ2n) is 4.63. The Bertz CT molecular complexity index is 571. The third-order valence-corrected chi connectivity index (χ3v) is 4.53. The molecule has 1 aliphatic heterocycles. The number of likely N-dealkylation sites (tertiary alicyclic amines) is 1. The number of benzene rings is 1. The maximum Gasteiger partial charge on any atom is 0.254 e. The zero-order valence-electron chi connectivity index (χ0n) is 10.3. The van der Waals surface area contributed by atoms with E-state index in [0.29, 0.717) is 18.5 Å². The van der Waals surface area contributed by atoms with Crippen molar-refractivity contribution in [3.8, 4) is 0 Å². The fourth-order valence-electron chi connectivity index (χ4n) is 2.30. The van der Waals surface area contributed by atoms with Gasteiger partial charge in [0.2, 0.25) is 10.0 Å². The number of rotatable bonds is 3. The molecule has 1 fully saturated rings. The highest BCUT2D eigenvalue weighted by Gasteiger charge is 2.31. The van der Waals surface area contributed by atoms with Gasteiger partial charge in [-0.3, -0.25) is 4.79 Å². The van der Waals surface area contributed by atoms with Crippen LogP contribution in [0.2, 0.25) is 0 Å². The van der Waals surface area contributed by atoms with Gasteiger partial charge in [-0.25, -0.2) is 13.6 Å². The molecule has 2 rings (SSSR count). The van der Waals surface area contributed by atoms with Crippen LogP contribution >= 0.6 is 15.9 Å². The molecule has 0 saturated carbocycles. The minimum absolute atomic E-state index is 0.140. The van der Waals surface area contributed by atoms with E-state index in [1.165, 1.54) is 0 Å². The lowest BCUT2D eigenvalue weighted by atomic mass is 10.2. The van der Waals surface area contributed by atoms with Crippen molar-refractivity contribution in [2.24, 2.45) is 5.14 Å². The highest BCUT2D eigenvalue weighted by atomic mass is 79.9. The van der Waals surface area contributed by atoms with E-state index in [9.17, 15) is 13.2 Å². The van der Waals surface area contributed by atoms with E-state index in [2.05, 4.69) is 15.9 Å². The molecule has 0 aromatic heterocycles. The Morgan fingerprint density at radius 2 is 2.00 bits per heavy atom. The van der Waals surface area contributed by atoms with E-state index in [-0.39, 0.29) is 17.7 Å². The Labute approximate surface area is 121 Å². The lowest BCUT2D eigenvalue weighted by Crippen LogP contribution is -2.41. The van der Waals surface area contributed by atoms with E-state index in [1.807, 2.05) is 0 Å². The predicted molar refractivity (Wildman–Crippen MR) is 76.2 cm³/mol. The van der Waals surface area contributed by atoms with Crippen LogP contribution in [0.25, 0.3) is 0 Å². The second-order valence-corrected chi connectivity index (χ2v) is 7.21. The zero-order valence-corrected chi connectivity index (χ0v) is 12.7. The van der Waals surface area contributed by atoms with Gasteiger partial charge in [-0.1, -0.05) is 15.9 Å². The number of carbonyl (C=O) groups excluding carboxylic acids is 1. The molecular weight excluding hydrogens is 332 g/mol. The quantitative estimate of drug-likeness (QED) is 0.896. The van der Waals surface area contributed by atoms with Gasteiger partial charge in [0, 0.05) is 22.6 Å². The van der Waals surface area contributed by atoms with Crippen LogP contribution in [0.4, 0.5) is 0 Å². The van der Waals surface area contributed by atoms with Crippen LogP contribution in [0.1, 0.15) is 23.2 Å². The first-order valence-corrected chi connectivity index (χ1v) is 8.45. The molecule has 104 valence electrons. The van der Waals surface area contributed by atoms with Crippen molar-refractivity contribution >= 4 is 31.9 Å². The van der Waals surface area contributed by atoms with E-state index in [4.69, 9.17) is 5.14 Å². The molecule has 1 saturated heterocycles. The lowest BCUT2D eigenvalue weighted by Gasteiger charge is -2.24. The highest BCUT2D eigenvalue weighted by molar-refractivity contribution is 9.10. The number of carbonyl (C=O) groups is 1. The number of amides is 1. The molecule has 7 heteroatoms. The minimum Gasteiger partial charge on any atom is -0.335 e. The summed E-state index contributed by atoms with van der Waals surface area (Å²) in [5.41, 5.74) is 0.560. The van der Waals surface area contributed by atoms with Gasteiger partial charge >= 0.3 is 0 Å². The number of nitrogens with two attached hydrogens (primary N) is 1. The Kier molecular flexibility index (Phi) is 4.27. The molecule has 2 N–H and O–H groups in total. The first-order valence-electron chi connectivity index (χ1n) is 5.94. The molecular formula is C12H15BrN2O3S. The smallest absolute Gasteiger partial charge is 0.254 e. The Morgan fingerprint density at radius 3 is 2.58 bits per heavy atom. The van der Waals surface area contributed by atoms with Crippen LogP contribution < -0.4 is 5.14 Å². The summed E-state index contributed by atoms with van der Waals surface area (Å²) in [4.78, 5) is 13.9. The molecule has 1 heterocycles. The van der Waals surface area contributed by atoms with Gasteiger partial charge in [0.15, 0.2) is 0 Å². The van der Waals surface area contributed by atoms with Crippen LogP contribution in [-0.2, 0) is 10.0 Å². The summed E-state index contributed by atoms with van der Waals surface area (Å²) < 4.78 is 23.2. The van der Waals surface area contributed by atoms with Gasteiger partial charge in [-0.05, 0) is 37.1 Å². The number of nitrogens with zero attached hydrogens (tertiary/aromatic N) is 1. The van der Waals surface area contributed by atoms with E-state index in [0.717, 1.165) is 10.9 Å². The van der Waals surface area contributed by atoms with Gasteiger partial charge in [-0.15, -0.1) is 0 Å². The number of sulfonamides is 1. The summed E-state index contributed by atoms with van der Waals surface area (Å²) in [6, 6.07) is 6.71. The number of hydrogen-bond acceptors (Lipinski definition) is 3. The molecule has 0 spiro atoms. The molecule has 0 aliphatic carbocycles. The minimum atomic E-state index is -3.56. The van der Waals surface area contributed by atoms with Gasteiger partial charge in [0.1, 0.15) is 0 Å². The molecule has 1 aliphatic rings. The molecule has 19 heavy (non-hydrogen) atoms. The maximum atomic E-state index is 12.3. The van der Waals surface area contributed by atoms with Gasteiger partial charge in [-0.2, -0.15) is 0 Å². The van der Waals surface area contributed by atoms with Crippen molar-refractivity contribution in [3.05, 3.63) is 34.3 Å². The highest BCUT2D eigenvalue weighted by Crippen LogP contribution is 2.21. The fraction of sp³-hybridized carbons (Fsp3) is 0.417. The summed E-state index contributed by atoms with van der Waals surface area (Å²) in [5.74, 6) is -0.311. The fourth-order valence-corrected chi connectivity index (χ4v) is 3.45. The second kappa shape index (κ2) is 5.60. The first-order chi connectivity index (χ1) is 8.87. The lowest BCUT2D eigenvalue weighted by molar-refractivity contribution is 0.0749. The summed E-state index contributed by atoms with van der Waals surface area (Å²) in [7, 11) is -3.56. The monoisotopic (exact) mass is 346 g/mol. The molecule has 1 amide bonds. The van der Waals surface area contributed by atoms with Crippen molar-refractivity contribution in [2.75, 3.05) is 12.3 Å². The molecule has 1 aromatic carbocycles. The number of hydrogen-bond donors (Lipinski definition) is 1. The van der Waals surface area contributed by atoms with Gasteiger partial charge < -0.3 is 4.90 Å². The van der Waals surface area contributed by atoms with Crippen LogP contribution in [-0.4, -0.2) is 37.6 Å². The topological polar surface area (TPSA) is 80.5 Å². The van der Waals surface area contributed by atoms with Gasteiger partial charge in [0.25, 0.3) is 5.91 Å². The summed E-state index contributed by atoms with van der Waals surface area (Å²) in [6.45, 7) is 0.578. The maximum absolute atomic E-state index is 12.3. The van der Waals surface area contributed by atoms with Gasteiger partial charge in [0.05, 0.1) is 5.75 Å². The Hall–Kier alpha value is -0.920. The summed E-state index contributed by atoms with van der Waals surface area (Å²) in [6.07, 6.45) is 1.49. The third kappa shape index (κ3) is 3.77.